The second-order valence-corrected chi connectivity index (χ2v) is 4.16. The number of hydrogen-bond donors (Lipinski definition) is 0. The molecule has 2 rings (SSSR count). The summed E-state index contributed by atoms with van der Waals surface area (Å²) in [7, 11) is 0. The first-order valence-corrected chi connectivity index (χ1v) is 5.95. The van der Waals surface area contributed by atoms with Crippen molar-refractivity contribution in [3.63, 3.8) is 0 Å². The highest BCUT2D eigenvalue weighted by Gasteiger charge is 2.11. The lowest BCUT2D eigenvalue weighted by molar-refractivity contribution is 0.112. The highest BCUT2D eigenvalue weighted by Crippen LogP contribution is 2.27. The molecule has 1 atom stereocenters. The molecule has 0 saturated carbocycles. The molecule has 0 bridgehead atoms. The second-order valence-electron chi connectivity index (χ2n) is 4.16. The highest BCUT2D eigenvalue weighted by atomic mass is 16.1. The fourth-order valence-electron chi connectivity index (χ4n) is 2.16. The monoisotopic (exact) mass is 224 g/mol. The van der Waals surface area contributed by atoms with Gasteiger partial charge in [-0.3, -0.25) is 4.79 Å². The van der Waals surface area contributed by atoms with Gasteiger partial charge in [0.15, 0.2) is 0 Å². The standard InChI is InChI=1S/C16H16O/c1-2-16(14-6-4-3-5-7-14)15-10-8-13(12-17)9-11-15/h3-12,16H,2H2,1H3/t16-/m1/s1. The Labute approximate surface area is 102 Å². The van der Waals surface area contributed by atoms with E-state index >= 15 is 0 Å². The smallest absolute Gasteiger partial charge is 0.150 e. The quantitative estimate of drug-likeness (QED) is 0.716. The van der Waals surface area contributed by atoms with Crippen molar-refractivity contribution >= 4 is 6.29 Å². The van der Waals surface area contributed by atoms with Gasteiger partial charge in [0.05, 0.1) is 0 Å². The minimum absolute atomic E-state index is 0.414. The van der Waals surface area contributed by atoms with Crippen LogP contribution < -0.4 is 0 Å². The summed E-state index contributed by atoms with van der Waals surface area (Å²) >= 11 is 0. The van der Waals surface area contributed by atoms with E-state index in [-0.39, 0.29) is 0 Å². The van der Waals surface area contributed by atoms with Crippen molar-refractivity contribution in [2.45, 2.75) is 19.3 Å². The van der Waals surface area contributed by atoms with Gasteiger partial charge in [0, 0.05) is 11.5 Å². The first-order valence-electron chi connectivity index (χ1n) is 5.95. The van der Waals surface area contributed by atoms with E-state index in [1.165, 1.54) is 11.1 Å². The van der Waals surface area contributed by atoms with Gasteiger partial charge in [-0.1, -0.05) is 61.5 Å². The molecule has 0 N–H and O–H groups in total. The molecule has 0 radical (unpaired) electrons. The fraction of sp³-hybridized carbons (Fsp3) is 0.188. The summed E-state index contributed by atoms with van der Waals surface area (Å²) in [6.07, 6.45) is 1.94. The largest absolute Gasteiger partial charge is 0.298 e. The van der Waals surface area contributed by atoms with Gasteiger partial charge in [0.2, 0.25) is 0 Å². The number of benzene rings is 2. The molecule has 2 aromatic carbocycles. The highest BCUT2D eigenvalue weighted by molar-refractivity contribution is 5.74. The van der Waals surface area contributed by atoms with Crippen LogP contribution in [0.2, 0.25) is 0 Å². The van der Waals surface area contributed by atoms with Crippen LogP contribution in [0.1, 0.15) is 40.7 Å². The minimum atomic E-state index is 0.414. The molecule has 2 aromatic rings. The zero-order valence-corrected chi connectivity index (χ0v) is 9.97. The van der Waals surface area contributed by atoms with Crippen molar-refractivity contribution in [2.24, 2.45) is 0 Å². The Bertz CT molecular complexity index is 471. The molecule has 0 aliphatic carbocycles. The SMILES string of the molecule is CC[C@H](c1ccccc1)c1ccc(C=O)cc1. The predicted molar refractivity (Wildman–Crippen MR) is 70.4 cm³/mol. The van der Waals surface area contributed by atoms with Crippen LogP contribution >= 0.6 is 0 Å². The van der Waals surface area contributed by atoms with Gasteiger partial charge < -0.3 is 0 Å². The van der Waals surface area contributed by atoms with Crippen LogP contribution in [0.15, 0.2) is 54.6 Å². The van der Waals surface area contributed by atoms with E-state index in [2.05, 4.69) is 31.2 Å². The molecule has 17 heavy (non-hydrogen) atoms. The topological polar surface area (TPSA) is 17.1 Å². The molecular formula is C16H16O. The third kappa shape index (κ3) is 2.62. The van der Waals surface area contributed by atoms with Crippen molar-refractivity contribution in [2.75, 3.05) is 0 Å². The van der Waals surface area contributed by atoms with Gasteiger partial charge in [-0.05, 0) is 17.5 Å². The lowest BCUT2D eigenvalue weighted by Gasteiger charge is -2.15. The summed E-state index contributed by atoms with van der Waals surface area (Å²) in [4.78, 5) is 10.6. The van der Waals surface area contributed by atoms with Crippen molar-refractivity contribution in [1.82, 2.24) is 0 Å². The average Bonchev–Trinajstić information content (AvgIpc) is 2.42. The number of carbonyl (C=O) groups is 1. The van der Waals surface area contributed by atoms with E-state index in [9.17, 15) is 4.79 Å². The molecule has 0 aliphatic heterocycles. The van der Waals surface area contributed by atoms with Crippen LogP contribution in [0.5, 0.6) is 0 Å². The summed E-state index contributed by atoms with van der Waals surface area (Å²) in [5, 5.41) is 0. The van der Waals surface area contributed by atoms with Gasteiger partial charge in [0.1, 0.15) is 6.29 Å². The Morgan fingerprint density at radius 2 is 1.53 bits per heavy atom. The Morgan fingerprint density at radius 3 is 2.06 bits per heavy atom. The van der Waals surface area contributed by atoms with Gasteiger partial charge in [-0.25, -0.2) is 0 Å². The van der Waals surface area contributed by atoms with E-state index in [0.29, 0.717) is 5.92 Å². The lowest BCUT2D eigenvalue weighted by atomic mass is 9.89. The van der Waals surface area contributed by atoms with Crippen LogP contribution in [-0.4, -0.2) is 6.29 Å². The number of hydrogen-bond acceptors (Lipinski definition) is 1. The second kappa shape index (κ2) is 5.44. The summed E-state index contributed by atoms with van der Waals surface area (Å²) in [6, 6.07) is 18.3. The Kier molecular flexibility index (Phi) is 3.71. The van der Waals surface area contributed by atoms with Crippen LogP contribution in [0, 0.1) is 0 Å². The summed E-state index contributed by atoms with van der Waals surface area (Å²) in [5.41, 5.74) is 3.33. The third-order valence-corrected chi connectivity index (χ3v) is 3.09. The van der Waals surface area contributed by atoms with Gasteiger partial charge >= 0.3 is 0 Å². The number of aldehydes is 1. The van der Waals surface area contributed by atoms with Crippen LogP contribution in [0.4, 0.5) is 0 Å². The lowest BCUT2D eigenvalue weighted by Crippen LogP contribution is -1.99. The maximum atomic E-state index is 10.6. The maximum Gasteiger partial charge on any atom is 0.150 e. The molecule has 86 valence electrons. The van der Waals surface area contributed by atoms with E-state index in [4.69, 9.17) is 0 Å². The normalized spacial score (nSPS) is 12.1. The Morgan fingerprint density at radius 1 is 0.941 bits per heavy atom. The van der Waals surface area contributed by atoms with Gasteiger partial charge in [-0.2, -0.15) is 0 Å². The van der Waals surface area contributed by atoms with Crippen molar-refractivity contribution in [3.8, 4) is 0 Å². The molecule has 0 heterocycles. The minimum Gasteiger partial charge on any atom is -0.298 e. The van der Waals surface area contributed by atoms with E-state index in [0.717, 1.165) is 18.3 Å². The molecule has 0 amide bonds. The van der Waals surface area contributed by atoms with Crippen LogP contribution in [0.3, 0.4) is 0 Å². The number of carbonyl (C=O) groups excluding carboxylic acids is 1. The summed E-state index contributed by atoms with van der Waals surface area (Å²) in [5.74, 6) is 0.414. The summed E-state index contributed by atoms with van der Waals surface area (Å²) in [6.45, 7) is 2.19. The van der Waals surface area contributed by atoms with E-state index < -0.39 is 0 Å². The molecule has 0 fully saturated rings. The molecule has 1 nitrogen and oxygen atoms in total. The zero-order valence-electron chi connectivity index (χ0n) is 9.97. The zero-order chi connectivity index (χ0) is 12.1. The molecule has 0 aliphatic rings. The van der Waals surface area contributed by atoms with Crippen molar-refractivity contribution in [3.05, 3.63) is 71.3 Å². The van der Waals surface area contributed by atoms with Crippen LogP contribution in [0.25, 0.3) is 0 Å². The van der Waals surface area contributed by atoms with E-state index in [1.54, 1.807) is 0 Å². The first kappa shape index (κ1) is 11.6. The predicted octanol–water partition coefficient (Wildman–Crippen LogP) is 4.04. The number of rotatable bonds is 4. The van der Waals surface area contributed by atoms with Gasteiger partial charge in [0.25, 0.3) is 0 Å². The summed E-state index contributed by atoms with van der Waals surface area (Å²) < 4.78 is 0. The molecule has 0 spiro atoms. The Hall–Kier alpha value is -1.89. The molecule has 0 unspecified atom stereocenters. The third-order valence-electron chi connectivity index (χ3n) is 3.09. The first-order chi connectivity index (χ1) is 8.35. The average molecular weight is 224 g/mol. The molecular weight excluding hydrogens is 208 g/mol. The van der Waals surface area contributed by atoms with Crippen molar-refractivity contribution < 1.29 is 4.79 Å². The fourth-order valence-corrected chi connectivity index (χ4v) is 2.16. The molecule has 1 heteroatoms. The van der Waals surface area contributed by atoms with Crippen LogP contribution in [-0.2, 0) is 0 Å². The van der Waals surface area contributed by atoms with E-state index in [1.807, 2.05) is 30.3 Å². The molecule has 0 aromatic heterocycles. The van der Waals surface area contributed by atoms with Crippen molar-refractivity contribution in [1.29, 1.82) is 0 Å². The maximum absolute atomic E-state index is 10.6. The Balaban J connectivity index is 2.32. The van der Waals surface area contributed by atoms with Gasteiger partial charge in [-0.15, -0.1) is 0 Å². The molecule has 0 saturated heterocycles.